The fourth-order valence-corrected chi connectivity index (χ4v) is 1.83. The Bertz CT molecular complexity index is 661. The molecule has 2 rings (SSSR count). The summed E-state index contributed by atoms with van der Waals surface area (Å²) in [6.07, 6.45) is 0.687. The van der Waals surface area contributed by atoms with Gasteiger partial charge >= 0.3 is 0 Å². The average Bonchev–Trinajstić information content (AvgIpc) is 2.45. The van der Waals surface area contributed by atoms with Crippen LogP contribution in [-0.2, 0) is 0 Å². The summed E-state index contributed by atoms with van der Waals surface area (Å²) >= 11 is 0. The van der Waals surface area contributed by atoms with Crippen LogP contribution >= 0.6 is 0 Å². The predicted molar refractivity (Wildman–Crippen MR) is 71.0 cm³/mol. The number of nitriles is 1. The molecule has 19 heavy (non-hydrogen) atoms. The van der Waals surface area contributed by atoms with E-state index >= 15 is 0 Å². The first-order valence-electron chi connectivity index (χ1n) is 5.64. The molecule has 0 aliphatic rings. The number of halogens is 1. The van der Waals surface area contributed by atoms with Crippen molar-refractivity contribution < 1.29 is 9.18 Å². The van der Waals surface area contributed by atoms with Crippen LogP contribution in [0.15, 0.2) is 42.5 Å². The minimum Gasteiger partial charge on any atom is -0.343 e. The van der Waals surface area contributed by atoms with Gasteiger partial charge in [-0.15, -0.1) is 0 Å². The molecule has 2 aromatic rings. The number of hydrogen-bond donors (Lipinski definition) is 0. The molecule has 0 saturated heterocycles. The van der Waals surface area contributed by atoms with E-state index in [2.05, 4.69) is 0 Å². The van der Waals surface area contributed by atoms with Crippen molar-refractivity contribution >= 4 is 17.7 Å². The van der Waals surface area contributed by atoms with Crippen molar-refractivity contribution in [2.75, 3.05) is 11.9 Å². The van der Waals surface area contributed by atoms with Gasteiger partial charge in [0.1, 0.15) is 18.2 Å². The summed E-state index contributed by atoms with van der Waals surface area (Å²) in [7, 11) is 1.74. The molecular formula is C15H11FN2O. The van der Waals surface area contributed by atoms with Crippen molar-refractivity contribution in [1.82, 2.24) is 0 Å². The second kappa shape index (κ2) is 5.32. The lowest BCUT2D eigenvalue weighted by atomic mass is 10.1. The topological polar surface area (TPSA) is 44.1 Å². The Kier molecular flexibility index (Phi) is 3.58. The predicted octanol–water partition coefficient (Wildman–Crippen LogP) is 3.28. The molecule has 0 heterocycles. The first-order chi connectivity index (χ1) is 9.15. The zero-order chi connectivity index (χ0) is 13.8. The largest absolute Gasteiger partial charge is 0.343 e. The Morgan fingerprint density at radius 2 is 2.05 bits per heavy atom. The van der Waals surface area contributed by atoms with Gasteiger partial charge in [-0.25, -0.2) is 4.39 Å². The minimum absolute atomic E-state index is 0.340. The Morgan fingerprint density at radius 3 is 2.68 bits per heavy atom. The molecule has 0 spiro atoms. The van der Waals surface area contributed by atoms with Crippen molar-refractivity contribution in [3.8, 4) is 6.07 Å². The first-order valence-corrected chi connectivity index (χ1v) is 5.64. The third kappa shape index (κ3) is 2.61. The van der Waals surface area contributed by atoms with E-state index < -0.39 is 0 Å². The zero-order valence-corrected chi connectivity index (χ0v) is 10.3. The zero-order valence-electron chi connectivity index (χ0n) is 10.3. The highest BCUT2D eigenvalue weighted by molar-refractivity contribution is 5.79. The Balaban J connectivity index is 2.47. The molecular weight excluding hydrogens is 243 g/mol. The molecule has 0 fully saturated rings. The average molecular weight is 254 g/mol. The fourth-order valence-electron chi connectivity index (χ4n) is 1.83. The molecule has 0 radical (unpaired) electrons. The molecule has 2 aromatic carbocycles. The Morgan fingerprint density at radius 1 is 1.26 bits per heavy atom. The van der Waals surface area contributed by atoms with E-state index in [1.165, 1.54) is 18.2 Å². The van der Waals surface area contributed by atoms with E-state index in [1.807, 2.05) is 6.07 Å². The van der Waals surface area contributed by atoms with E-state index in [-0.39, 0.29) is 5.82 Å². The SMILES string of the molecule is CN(c1cccc(F)c1)c1ccc(C=O)cc1C#N. The van der Waals surface area contributed by atoms with Gasteiger partial charge in [-0.3, -0.25) is 4.79 Å². The van der Waals surface area contributed by atoms with Crippen LogP contribution < -0.4 is 4.90 Å². The summed E-state index contributed by atoms with van der Waals surface area (Å²) in [4.78, 5) is 12.4. The van der Waals surface area contributed by atoms with Gasteiger partial charge in [0.2, 0.25) is 0 Å². The highest BCUT2D eigenvalue weighted by Gasteiger charge is 2.10. The summed E-state index contributed by atoms with van der Waals surface area (Å²) < 4.78 is 13.2. The van der Waals surface area contributed by atoms with Gasteiger partial charge in [-0.2, -0.15) is 5.26 Å². The molecule has 0 unspecified atom stereocenters. The van der Waals surface area contributed by atoms with E-state index in [0.29, 0.717) is 28.8 Å². The van der Waals surface area contributed by atoms with Crippen LogP contribution in [0, 0.1) is 17.1 Å². The molecule has 0 saturated carbocycles. The van der Waals surface area contributed by atoms with Gasteiger partial charge < -0.3 is 4.90 Å². The molecule has 0 atom stereocenters. The molecule has 94 valence electrons. The summed E-state index contributed by atoms with van der Waals surface area (Å²) in [6.45, 7) is 0. The number of anilines is 2. The first kappa shape index (κ1) is 12.8. The summed E-state index contributed by atoms with van der Waals surface area (Å²) in [5.41, 5.74) is 2.07. The van der Waals surface area contributed by atoms with Crippen molar-refractivity contribution in [3.05, 3.63) is 59.4 Å². The van der Waals surface area contributed by atoms with E-state index in [9.17, 15) is 9.18 Å². The number of nitrogens with zero attached hydrogens (tertiary/aromatic N) is 2. The Hall–Kier alpha value is -2.67. The van der Waals surface area contributed by atoms with Crippen molar-refractivity contribution in [1.29, 1.82) is 5.26 Å². The summed E-state index contributed by atoms with van der Waals surface area (Å²) in [6, 6.07) is 12.9. The number of aldehydes is 1. The molecule has 0 N–H and O–H groups in total. The van der Waals surface area contributed by atoms with Crippen molar-refractivity contribution in [2.24, 2.45) is 0 Å². The van der Waals surface area contributed by atoms with Crippen molar-refractivity contribution in [3.63, 3.8) is 0 Å². The highest BCUT2D eigenvalue weighted by atomic mass is 19.1. The lowest BCUT2D eigenvalue weighted by molar-refractivity contribution is 0.112. The monoisotopic (exact) mass is 254 g/mol. The van der Waals surface area contributed by atoms with Crippen LogP contribution in [0.4, 0.5) is 15.8 Å². The maximum atomic E-state index is 13.2. The van der Waals surface area contributed by atoms with E-state index in [4.69, 9.17) is 5.26 Å². The van der Waals surface area contributed by atoms with Crippen LogP contribution in [0.1, 0.15) is 15.9 Å². The Labute approximate surface area is 110 Å². The number of rotatable bonds is 3. The molecule has 0 aromatic heterocycles. The molecule has 0 aliphatic carbocycles. The van der Waals surface area contributed by atoms with Gasteiger partial charge in [-0.05, 0) is 36.4 Å². The minimum atomic E-state index is -0.340. The van der Waals surface area contributed by atoms with Gasteiger partial charge in [-0.1, -0.05) is 6.07 Å². The van der Waals surface area contributed by atoms with Crippen LogP contribution in [0.5, 0.6) is 0 Å². The van der Waals surface area contributed by atoms with Crippen LogP contribution in [0.25, 0.3) is 0 Å². The van der Waals surface area contributed by atoms with Crippen LogP contribution in [-0.4, -0.2) is 13.3 Å². The van der Waals surface area contributed by atoms with Crippen molar-refractivity contribution in [2.45, 2.75) is 0 Å². The lowest BCUT2D eigenvalue weighted by Gasteiger charge is -2.20. The maximum Gasteiger partial charge on any atom is 0.150 e. The standard InChI is InChI=1S/C15H11FN2O/c1-18(14-4-2-3-13(16)8-14)15-6-5-11(10-19)7-12(15)9-17/h2-8,10H,1H3. The van der Waals surface area contributed by atoms with Gasteiger partial charge in [0.15, 0.2) is 0 Å². The second-order valence-corrected chi connectivity index (χ2v) is 4.05. The number of carbonyl (C=O) groups excluding carboxylic acids is 1. The lowest BCUT2D eigenvalue weighted by Crippen LogP contribution is -2.11. The maximum absolute atomic E-state index is 13.2. The molecule has 4 heteroatoms. The second-order valence-electron chi connectivity index (χ2n) is 4.05. The van der Waals surface area contributed by atoms with E-state index in [0.717, 1.165) is 0 Å². The smallest absolute Gasteiger partial charge is 0.150 e. The van der Waals surface area contributed by atoms with Crippen LogP contribution in [0.2, 0.25) is 0 Å². The third-order valence-electron chi connectivity index (χ3n) is 2.83. The fraction of sp³-hybridized carbons (Fsp3) is 0.0667. The molecule has 0 amide bonds. The molecule has 3 nitrogen and oxygen atoms in total. The van der Waals surface area contributed by atoms with Gasteiger partial charge in [0, 0.05) is 18.3 Å². The number of hydrogen-bond acceptors (Lipinski definition) is 3. The number of benzene rings is 2. The summed E-state index contributed by atoms with van der Waals surface area (Å²) in [5, 5.41) is 9.12. The number of carbonyl (C=O) groups is 1. The summed E-state index contributed by atoms with van der Waals surface area (Å²) in [5.74, 6) is -0.340. The highest BCUT2D eigenvalue weighted by Crippen LogP contribution is 2.27. The van der Waals surface area contributed by atoms with Gasteiger partial charge in [0.05, 0.1) is 11.3 Å². The van der Waals surface area contributed by atoms with E-state index in [1.54, 1.807) is 36.2 Å². The molecule has 0 aliphatic heterocycles. The normalized spacial score (nSPS) is 9.74. The third-order valence-corrected chi connectivity index (χ3v) is 2.83. The molecule has 0 bridgehead atoms. The van der Waals surface area contributed by atoms with Crippen LogP contribution in [0.3, 0.4) is 0 Å². The van der Waals surface area contributed by atoms with Gasteiger partial charge in [0.25, 0.3) is 0 Å². The quantitative estimate of drug-likeness (QED) is 0.789.